The van der Waals surface area contributed by atoms with Crippen molar-refractivity contribution in [2.45, 2.75) is 37.5 Å². The molecule has 0 aliphatic heterocycles. The molecule has 2 aromatic heterocycles. The van der Waals surface area contributed by atoms with E-state index in [4.69, 9.17) is 5.73 Å². The highest BCUT2D eigenvalue weighted by molar-refractivity contribution is 5.80. The summed E-state index contributed by atoms with van der Waals surface area (Å²) in [6.45, 7) is 0.745. The maximum Gasteiger partial charge on any atom is 0.137 e. The van der Waals surface area contributed by atoms with Gasteiger partial charge in [0.2, 0.25) is 0 Å². The minimum Gasteiger partial charge on any atom is -0.346 e. The Hall–Kier alpha value is -1.35. The fourth-order valence-electron chi connectivity index (χ4n) is 3.21. The van der Waals surface area contributed by atoms with Crippen molar-refractivity contribution >= 4 is 11.0 Å². The van der Waals surface area contributed by atoms with E-state index < -0.39 is 0 Å². The summed E-state index contributed by atoms with van der Waals surface area (Å²) in [5.41, 5.74) is 8.63. The lowest BCUT2D eigenvalue weighted by atomic mass is 9.69. The Morgan fingerprint density at radius 1 is 1.29 bits per heavy atom. The van der Waals surface area contributed by atoms with Gasteiger partial charge in [-0.3, -0.25) is 0 Å². The van der Waals surface area contributed by atoms with Crippen molar-refractivity contribution in [1.82, 2.24) is 9.97 Å². The minimum absolute atomic E-state index is 0.180. The van der Waals surface area contributed by atoms with Crippen LogP contribution in [0, 0.1) is 0 Å². The Morgan fingerprint density at radius 3 is 2.88 bits per heavy atom. The van der Waals surface area contributed by atoms with Crippen molar-refractivity contribution in [3.8, 4) is 0 Å². The predicted octanol–water partition coefficient (Wildman–Crippen LogP) is 2.72. The monoisotopic (exact) mass is 229 g/mol. The normalized spacial score (nSPS) is 19.6. The van der Waals surface area contributed by atoms with Crippen LogP contribution >= 0.6 is 0 Å². The topological polar surface area (TPSA) is 54.7 Å². The summed E-state index contributed by atoms with van der Waals surface area (Å²) in [4.78, 5) is 7.64. The third-order valence-electron chi connectivity index (χ3n) is 4.22. The molecule has 1 aliphatic carbocycles. The molecular weight excluding hydrogens is 210 g/mol. The van der Waals surface area contributed by atoms with Crippen molar-refractivity contribution in [3.63, 3.8) is 0 Å². The van der Waals surface area contributed by atoms with E-state index >= 15 is 0 Å². The number of hydrogen-bond donors (Lipinski definition) is 2. The standard InChI is InChI=1S/C14H19N3/c15-10-14(6-2-1-3-7-14)12-9-17-13-11(12)5-4-8-16-13/h4-5,8-9H,1-3,6-7,10,15H2,(H,16,17). The number of nitrogens with zero attached hydrogens (tertiary/aromatic N) is 1. The van der Waals surface area contributed by atoms with Crippen molar-refractivity contribution in [3.05, 3.63) is 30.1 Å². The summed E-state index contributed by atoms with van der Waals surface area (Å²) in [6, 6.07) is 4.16. The van der Waals surface area contributed by atoms with Gasteiger partial charge < -0.3 is 10.7 Å². The first-order valence-electron chi connectivity index (χ1n) is 6.48. The van der Waals surface area contributed by atoms with Gasteiger partial charge in [0, 0.05) is 29.7 Å². The molecular formula is C14H19N3. The Labute approximate surface area is 101 Å². The van der Waals surface area contributed by atoms with Crippen LogP contribution in [0.1, 0.15) is 37.7 Å². The average Bonchev–Trinajstić information content (AvgIpc) is 2.84. The second-order valence-electron chi connectivity index (χ2n) is 5.15. The number of aromatic nitrogens is 2. The Balaban J connectivity index is 2.12. The van der Waals surface area contributed by atoms with Gasteiger partial charge in [-0.25, -0.2) is 4.98 Å². The summed E-state index contributed by atoms with van der Waals surface area (Å²) >= 11 is 0. The van der Waals surface area contributed by atoms with Gasteiger partial charge in [-0.15, -0.1) is 0 Å². The molecule has 3 rings (SSSR count). The van der Waals surface area contributed by atoms with Crippen LogP contribution in [-0.2, 0) is 5.41 Å². The largest absolute Gasteiger partial charge is 0.346 e. The molecule has 2 aromatic rings. The molecule has 0 saturated heterocycles. The maximum atomic E-state index is 6.09. The number of hydrogen-bond acceptors (Lipinski definition) is 2. The van der Waals surface area contributed by atoms with Gasteiger partial charge in [-0.2, -0.15) is 0 Å². The Morgan fingerprint density at radius 2 is 2.12 bits per heavy atom. The third kappa shape index (κ3) is 1.65. The molecule has 0 spiro atoms. The van der Waals surface area contributed by atoms with E-state index in [0.717, 1.165) is 12.2 Å². The fourth-order valence-corrected chi connectivity index (χ4v) is 3.21. The number of aromatic amines is 1. The highest BCUT2D eigenvalue weighted by Crippen LogP contribution is 2.41. The molecule has 1 saturated carbocycles. The lowest BCUT2D eigenvalue weighted by Gasteiger charge is -2.36. The van der Waals surface area contributed by atoms with E-state index in [9.17, 15) is 0 Å². The SMILES string of the molecule is NCC1(c2c[nH]c3ncccc23)CCCCC1. The molecule has 3 nitrogen and oxygen atoms in total. The molecule has 0 atom stereocenters. The van der Waals surface area contributed by atoms with Crippen molar-refractivity contribution in [1.29, 1.82) is 0 Å². The molecule has 1 fully saturated rings. The molecule has 3 N–H and O–H groups in total. The van der Waals surface area contributed by atoms with Gasteiger partial charge in [0.25, 0.3) is 0 Å². The van der Waals surface area contributed by atoms with Crippen LogP contribution in [-0.4, -0.2) is 16.5 Å². The summed E-state index contributed by atoms with van der Waals surface area (Å²) in [5, 5.41) is 1.25. The molecule has 0 unspecified atom stereocenters. The van der Waals surface area contributed by atoms with E-state index in [2.05, 4.69) is 22.2 Å². The molecule has 1 aliphatic rings. The van der Waals surface area contributed by atoms with Gasteiger partial charge in [0.1, 0.15) is 5.65 Å². The van der Waals surface area contributed by atoms with Crippen LogP contribution in [0.3, 0.4) is 0 Å². The molecule has 3 heteroatoms. The smallest absolute Gasteiger partial charge is 0.137 e. The summed E-state index contributed by atoms with van der Waals surface area (Å²) < 4.78 is 0. The van der Waals surface area contributed by atoms with Gasteiger partial charge in [0.05, 0.1) is 0 Å². The van der Waals surface area contributed by atoms with Crippen LogP contribution < -0.4 is 5.73 Å². The molecule has 0 radical (unpaired) electrons. The van der Waals surface area contributed by atoms with E-state index in [1.54, 1.807) is 0 Å². The lowest BCUT2D eigenvalue weighted by molar-refractivity contribution is 0.303. The number of fused-ring (bicyclic) bond motifs is 1. The molecule has 0 bridgehead atoms. The van der Waals surface area contributed by atoms with E-state index in [1.807, 2.05) is 12.3 Å². The van der Waals surface area contributed by atoms with Crippen molar-refractivity contribution in [2.24, 2.45) is 5.73 Å². The van der Waals surface area contributed by atoms with Crippen LogP contribution in [0.25, 0.3) is 11.0 Å². The first kappa shape index (κ1) is 10.8. The van der Waals surface area contributed by atoms with Crippen LogP contribution in [0.5, 0.6) is 0 Å². The van der Waals surface area contributed by atoms with Crippen molar-refractivity contribution < 1.29 is 0 Å². The second-order valence-corrected chi connectivity index (χ2v) is 5.15. The summed E-state index contributed by atoms with van der Waals surface area (Å²) in [5.74, 6) is 0. The van der Waals surface area contributed by atoms with E-state index in [-0.39, 0.29) is 5.41 Å². The second kappa shape index (κ2) is 4.15. The maximum absolute atomic E-state index is 6.09. The number of nitrogens with two attached hydrogens (primary N) is 1. The minimum atomic E-state index is 0.180. The van der Waals surface area contributed by atoms with Crippen LogP contribution in [0.4, 0.5) is 0 Å². The number of pyridine rings is 1. The van der Waals surface area contributed by atoms with Crippen LogP contribution in [0.15, 0.2) is 24.5 Å². The number of nitrogens with one attached hydrogen (secondary N) is 1. The zero-order valence-electron chi connectivity index (χ0n) is 10.1. The zero-order chi connectivity index (χ0) is 11.7. The van der Waals surface area contributed by atoms with Gasteiger partial charge >= 0.3 is 0 Å². The van der Waals surface area contributed by atoms with Gasteiger partial charge in [-0.05, 0) is 30.5 Å². The number of H-pyrrole nitrogens is 1. The first-order valence-corrected chi connectivity index (χ1v) is 6.48. The Bertz CT molecular complexity index is 509. The van der Waals surface area contributed by atoms with E-state index in [1.165, 1.54) is 43.1 Å². The van der Waals surface area contributed by atoms with E-state index in [0.29, 0.717) is 0 Å². The predicted molar refractivity (Wildman–Crippen MR) is 69.9 cm³/mol. The lowest BCUT2D eigenvalue weighted by Crippen LogP contribution is -2.36. The summed E-state index contributed by atoms with van der Waals surface area (Å²) in [6.07, 6.45) is 10.3. The molecule has 0 amide bonds. The van der Waals surface area contributed by atoms with Gasteiger partial charge in [-0.1, -0.05) is 19.3 Å². The number of rotatable bonds is 2. The molecule has 2 heterocycles. The van der Waals surface area contributed by atoms with Gasteiger partial charge in [0.15, 0.2) is 0 Å². The first-order chi connectivity index (χ1) is 8.36. The quantitative estimate of drug-likeness (QED) is 0.832. The summed E-state index contributed by atoms with van der Waals surface area (Å²) in [7, 11) is 0. The zero-order valence-corrected chi connectivity index (χ0v) is 10.1. The van der Waals surface area contributed by atoms with Crippen molar-refractivity contribution in [2.75, 3.05) is 6.54 Å². The average molecular weight is 229 g/mol. The molecule has 17 heavy (non-hydrogen) atoms. The third-order valence-corrected chi connectivity index (χ3v) is 4.22. The Kier molecular flexibility index (Phi) is 2.63. The fraction of sp³-hybridized carbons (Fsp3) is 0.500. The van der Waals surface area contributed by atoms with Crippen LogP contribution in [0.2, 0.25) is 0 Å². The highest BCUT2D eigenvalue weighted by Gasteiger charge is 2.34. The molecule has 90 valence electrons. The highest BCUT2D eigenvalue weighted by atomic mass is 14.8. The molecule has 0 aromatic carbocycles.